The van der Waals surface area contributed by atoms with Gasteiger partial charge in [0.15, 0.2) is 0 Å². The lowest BCUT2D eigenvalue weighted by atomic mass is 10.2. The third-order valence-electron chi connectivity index (χ3n) is 3.17. The van der Waals surface area contributed by atoms with Crippen molar-refractivity contribution >= 4 is 11.7 Å². The van der Waals surface area contributed by atoms with Crippen molar-refractivity contribution in [1.82, 2.24) is 0 Å². The first-order valence-electron chi connectivity index (χ1n) is 7.28. The fraction of sp³-hybridized carbons (Fsp3) is 0.176. The lowest BCUT2D eigenvalue weighted by Crippen LogP contribution is -2.25. The van der Waals surface area contributed by atoms with Crippen molar-refractivity contribution in [3.8, 4) is 11.5 Å². The number of aliphatic hydroxyl groups is 1. The second-order valence-electron chi connectivity index (χ2n) is 5.16. The SMILES string of the molecule is N=C(N)c1cccc(OCC(O)COc2cccc(C(=N)N)c2)c1. The molecule has 7 heteroatoms. The molecule has 2 rings (SSSR count). The third kappa shape index (κ3) is 4.99. The third-order valence-corrected chi connectivity index (χ3v) is 3.17. The monoisotopic (exact) mass is 328 g/mol. The summed E-state index contributed by atoms with van der Waals surface area (Å²) in [6.45, 7) is 0.0709. The Morgan fingerprint density at radius 1 is 0.875 bits per heavy atom. The van der Waals surface area contributed by atoms with E-state index in [1.165, 1.54) is 0 Å². The van der Waals surface area contributed by atoms with Crippen molar-refractivity contribution in [1.29, 1.82) is 10.8 Å². The minimum atomic E-state index is -0.841. The smallest absolute Gasteiger partial charge is 0.122 e. The van der Waals surface area contributed by atoms with Crippen molar-refractivity contribution in [3.63, 3.8) is 0 Å². The van der Waals surface area contributed by atoms with Crippen LogP contribution in [0.1, 0.15) is 11.1 Å². The van der Waals surface area contributed by atoms with Crippen LogP contribution < -0.4 is 20.9 Å². The maximum atomic E-state index is 9.94. The summed E-state index contributed by atoms with van der Waals surface area (Å²) in [5.41, 5.74) is 11.9. The molecule has 0 atom stereocenters. The molecule has 2 aromatic rings. The quantitative estimate of drug-likeness (QED) is 0.364. The minimum Gasteiger partial charge on any atom is -0.491 e. The van der Waals surface area contributed by atoms with E-state index >= 15 is 0 Å². The Bertz CT molecular complexity index is 672. The summed E-state index contributed by atoms with van der Waals surface area (Å²) >= 11 is 0. The highest BCUT2D eigenvalue weighted by Crippen LogP contribution is 2.15. The van der Waals surface area contributed by atoms with Crippen LogP contribution in [0.3, 0.4) is 0 Å². The summed E-state index contributed by atoms with van der Waals surface area (Å²) in [5.74, 6) is 0.935. The number of benzene rings is 2. The molecule has 0 radical (unpaired) electrons. The van der Waals surface area contributed by atoms with Gasteiger partial charge in [-0.05, 0) is 24.3 Å². The Kier molecular flexibility index (Phi) is 5.75. The molecule has 0 bridgehead atoms. The van der Waals surface area contributed by atoms with Gasteiger partial charge in [-0.1, -0.05) is 24.3 Å². The van der Waals surface area contributed by atoms with Crippen molar-refractivity contribution in [2.75, 3.05) is 13.2 Å². The van der Waals surface area contributed by atoms with Crippen LogP contribution in [0.4, 0.5) is 0 Å². The Morgan fingerprint density at radius 3 is 1.67 bits per heavy atom. The summed E-state index contributed by atoms with van der Waals surface area (Å²) in [5, 5.41) is 24.7. The van der Waals surface area contributed by atoms with Gasteiger partial charge in [-0.3, -0.25) is 10.8 Å². The van der Waals surface area contributed by atoms with Crippen molar-refractivity contribution in [2.24, 2.45) is 11.5 Å². The lowest BCUT2D eigenvalue weighted by Gasteiger charge is -2.14. The Morgan fingerprint density at radius 2 is 1.29 bits per heavy atom. The zero-order chi connectivity index (χ0) is 17.5. The first kappa shape index (κ1) is 17.3. The van der Waals surface area contributed by atoms with Crippen LogP contribution in [-0.2, 0) is 0 Å². The van der Waals surface area contributed by atoms with E-state index in [9.17, 15) is 5.11 Å². The highest BCUT2D eigenvalue weighted by molar-refractivity contribution is 5.95. The Labute approximate surface area is 139 Å². The molecule has 7 nitrogen and oxygen atoms in total. The average molecular weight is 328 g/mol. The lowest BCUT2D eigenvalue weighted by molar-refractivity contribution is 0.0626. The van der Waals surface area contributed by atoms with Crippen molar-refractivity contribution in [2.45, 2.75) is 6.10 Å². The maximum absolute atomic E-state index is 9.94. The highest BCUT2D eigenvalue weighted by Gasteiger charge is 2.08. The molecule has 0 aliphatic rings. The van der Waals surface area contributed by atoms with E-state index in [1.54, 1.807) is 48.5 Å². The zero-order valence-electron chi connectivity index (χ0n) is 13.0. The van der Waals surface area contributed by atoms with E-state index in [0.717, 1.165) is 0 Å². The van der Waals surface area contributed by atoms with Crippen molar-refractivity contribution < 1.29 is 14.6 Å². The molecule has 0 saturated carbocycles. The molecule has 0 saturated heterocycles. The standard InChI is InChI=1S/C17H20N4O3/c18-16(19)11-3-1-5-14(7-11)23-9-13(22)10-24-15-6-2-4-12(8-15)17(20)21/h1-8,13,22H,9-10H2,(H3,18,19)(H3,20,21). The number of rotatable bonds is 8. The van der Waals surface area contributed by atoms with E-state index in [1.807, 2.05) is 0 Å². The van der Waals surface area contributed by atoms with Crippen LogP contribution in [0.15, 0.2) is 48.5 Å². The van der Waals surface area contributed by atoms with Crippen molar-refractivity contribution in [3.05, 3.63) is 59.7 Å². The molecule has 2 aromatic carbocycles. The number of hydrogen-bond donors (Lipinski definition) is 5. The van der Waals surface area contributed by atoms with Gasteiger partial charge in [-0.2, -0.15) is 0 Å². The molecule has 7 N–H and O–H groups in total. The summed E-state index contributed by atoms with van der Waals surface area (Å²) in [7, 11) is 0. The molecular formula is C17H20N4O3. The van der Waals surface area contributed by atoms with Gasteiger partial charge in [0, 0.05) is 11.1 Å². The van der Waals surface area contributed by atoms with E-state index in [0.29, 0.717) is 22.6 Å². The molecule has 0 aliphatic carbocycles. The maximum Gasteiger partial charge on any atom is 0.122 e. The topological polar surface area (TPSA) is 138 Å². The van der Waals surface area contributed by atoms with Gasteiger partial charge in [0.2, 0.25) is 0 Å². The molecule has 0 unspecified atom stereocenters. The van der Waals surface area contributed by atoms with Crippen LogP contribution in [-0.4, -0.2) is 36.1 Å². The highest BCUT2D eigenvalue weighted by atomic mass is 16.5. The van der Waals surface area contributed by atoms with Gasteiger partial charge in [0.1, 0.15) is 42.5 Å². The molecule has 126 valence electrons. The number of hydrogen-bond acceptors (Lipinski definition) is 5. The second-order valence-corrected chi connectivity index (χ2v) is 5.16. The Balaban J connectivity index is 1.84. The fourth-order valence-electron chi connectivity index (χ4n) is 1.94. The van der Waals surface area contributed by atoms with Crippen LogP contribution >= 0.6 is 0 Å². The molecule has 0 heterocycles. The summed E-state index contributed by atoms with van der Waals surface area (Å²) in [6, 6.07) is 13.6. The largest absolute Gasteiger partial charge is 0.491 e. The van der Waals surface area contributed by atoms with Crippen LogP contribution in [0, 0.1) is 10.8 Å². The summed E-state index contributed by atoms with van der Waals surface area (Å²) in [6.07, 6.45) is -0.841. The van der Waals surface area contributed by atoms with E-state index in [-0.39, 0.29) is 24.9 Å². The molecule has 0 fully saturated rings. The summed E-state index contributed by atoms with van der Waals surface area (Å²) < 4.78 is 10.9. The predicted octanol–water partition coefficient (Wildman–Crippen LogP) is 1.07. The van der Waals surface area contributed by atoms with Gasteiger partial charge < -0.3 is 26.0 Å². The molecule has 0 aromatic heterocycles. The van der Waals surface area contributed by atoms with Crippen LogP contribution in [0.5, 0.6) is 11.5 Å². The van der Waals surface area contributed by atoms with E-state index < -0.39 is 6.10 Å². The van der Waals surface area contributed by atoms with Gasteiger partial charge in [0.25, 0.3) is 0 Å². The number of amidine groups is 2. The van der Waals surface area contributed by atoms with Crippen LogP contribution in [0.25, 0.3) is 0 Å². The number of nitrogens with one attached hydrogen (secondary N) is 2. The molecule has 0 amide bonds. The van der Waals surface area contributed by atoms with Crippen LogP contribution in [0.2, 0.25) is 0 Å². The van der Waals surface area contributed by atoms with Gasteiger partial charge in [-0.25, -0.2) is 0 Å². The number of aliphatic hydroxyl groups excluding tert-OH is 1. The number of nitrogen functional groups attached to an aromatic ring is 2. The van der Waals surface area contributed by atoms with Gasteiger partial charge in [0.05, 0.1) is 0 Å². The number of nitrogens with two attached hydrogens (primary N) is 2. The predicted molar refractivity (Wildman–Crippen MR) is 91.9 cm³/mol. The first-order valence-corrected chi connectivity index (χ1v) is 7.28. The molecular weight excluding hydrogens is 308 g/mol. The van der Waals surface area contributed by atoms with Gasteiger partial charge >= 0.3 is 0 Å². The second kappa shape index (κ2) is 7.98. The first-order chi connectivity index (χ1) is 11.5. The van der Waals surface area contributed by atoms with E-state index in [2.05, 4.69) is 0 Å². The Hall–Kier alpha value is -3.06. The average Bonchev–Trinajstić information content (AvgIpc) is 2.58. The fourth-order valence-corrected chi connectivity index (χ4v) is 1.94. The molecule has 0 aliphatic heterocycles. The summed E-state index contributed by atoms with van der Waals surface area (Å²) in [4.78, 5) is 0. The minimum absolute atomic E-state index is 0.0355. The van der Waals surface area contributed by atoms with Gasteiger partial charge in [-0.15, -0.1) is 0 Å². The molecule has 0 spiro atoms. The van der Waals surface area contributed by atoms with E-state index in [4.69, 9.17) is 31.8 Å². The zero-order valence-corrected chi connectivity index (χ0v) is 13.0. The number of ether oxygens (including phenoxy) is 2. The molecule has 24 heavy (non-hydrogen) atoms. The normalized spacial score (nSPS) is 11.5.